The number of hydrogen-bond donors (Lipinski definition) is 0. The second kappa shape index (κ2) is 1.34. The molecular weight excluding hydrogens is 101 g/mol. The highest BCUT2D eigenvalue weighted by Gasteiger charge is 1.81. The van der Waals surface area contributed by atoms with Gasteiger partial charge in [0.05, 0.1) is 6.20 Å². The highest BCUT2D eigenvalue weighted by molar-refractivity contribution is 7.03. The Balaban J connectivity index is 3.05. The Bertz CT molecular complexity index is 114. The summed E-state index contributed by atoms with van der Waals surface area (Å²) in [6, 6.07) is 0. The molecule has 1 rings (SSSR count). The minimum atomic E-state index is -0.250. The van der Waals surface area contributed by atoms with Crippen molar-refractivity contribution in [1.29, 1.82) is 0 Å². The molecule has 0 aromatic carbocycles. The van der Waals surface area contributed by atoms with Crippen molar-refractivity contribution in [3.8, 4) is 0 Å². The summed E-state index contributed by atoms with van der Waals surface area (Å²) in [5.74, 6) is -0.250. The smallest absolute Gasteiger partial charge is 0.153 e. The summed E-state index contributed by atoms with van der Waals surface area (Å²) in [7, 11) is 0. The van der Waals surface area contributed by atoms with Gasteiger partial charge >= 0.3 is 0 Å². The van der Waals surface area contributed by atoms with Gasteiger partial charge in [0.25, 0.3) is 0 Å². The third-order valence-corrected chi connectivity index (χ3v) is 0.960. The van der Waals surface area contributed by atoms with Crippen molar-refractivity contribution >= 4 is 11.5 Å². The normalized spacial score (nSPS) is 8.83. The van der Waals surface area contributed by atoms with Crippen LogP contribution in [0, 0.1) is 5.82 Å². The van der Waals surface area contributed by atoms with Crippen LogP contribution in [0.2, 0.25) is 0 Å². The average molecular weight is 103 g/mol. The minimum absolute atomic E-state index is 0.250. The van der Waals surface area contributed by atoms with Gasteiger partial charge in [-0.25, -0.2) is 4.39 Å². The molecule has 0 saturated carbocycles. The van der Waals surface area contributed by atoms with E-state index in [-0.39, 0.29) is 5.82 Å². The molecule has 1 heterocycles. The van der Waals surface area contributed by atoms with Crippen molar-refractivity contribution in [3.05, 3.63) is 17.4 Å². The summed E-state index contributed by atoms with van der Waals surface area (Å²) in [6.07, 6.45) is 1.19. The Morgan fingerprint density at radius 1 is 1.83 bits per heavy atom. The summed E-state index contributed by atoms with van der Waals surface area (Å²) < 4.78 is 15.1. The van der Waals surface area contributed by atoms with Gasteiger partial charge in [-0.3, -0.25) is 0 Å². The van der Waals surface area contributed by atoms with Crippen LogP contribution >= 0.6 is 11.5 Å². The molecule has 0 radical (unpaired) electrons. The zero-order chi connectivity index (χ0) is 4.41. The van der Waals surface area contributed by atoms with E-state index in [0.717, 1.165) is 11.5 Å². The number of hydrogen-bond acceptors (Lipinski definition) is 2. The fourth-order valence-electron chi connectivity index (χ4n) is 0.192. The maximum Gasteiger partial charge on any atom is 0.153 e. The third kappa shape index (κ3) is 0.542. The fraction of sp³-hybridized carbons (Fsp3) is 0. The Morgan fingerprint density at radius 3 is 2.83 bits per heavy atom. The third-order valence-electron chi connectivity index (χ3n) is 0.402. The molecule has 0 aliphatic heterocycles. The first-order valence-corrected chi connectivity index (χ1v) is 2.28. The minimum Gasteiger partial charge on any atom is -0.204 e. The lowest BCUT2D eigenvalue weighted by molar-refractivity contribution is 0.630. The molecule has 0 aliphatic carbocycles. The summed E-state index contributed by atoms with van der Waals surface area (Å²) >= 11 is 1.11. The van der Waals surface area contributed by atoms with E-state index >= 15 is 0 Å². The van der Waals surface area contributed by atoms with E-state index in [9.17, 15) is 4.39 Å². The molecule has 3 heteroatoms. The molecule has 6 heavy (non-hydrogen) atoms. The van der Waals surface area contributed by atoms with Gasteiger partial charge in [0, 0.05) is 5.38 Å². The van der Waals surface area contributed by atoms with E-state index in [2.05, 4.69) is 4.37 Å². The van der Waals surface area contributed by atoms with Crippen molar-refractivity contribution in [2.24, 2.45) is 0 Å². The molecule has 0 fully saturated rings. The van der Waals surface area contributed by atoms with Crippen LogP contribution in [-0.2, 0) is 0 Å². The largest absolute Gasteiger partial charge is 0.204 e. The summed E-state index contributed by atoms with van der Waals surface area (Å²) in [5, 5.41) is 1.35. The van der Waals surface area contributed by atoms with Gasteiger partial charge in [0.15, 0.2) is 5.82 Å². The SMILES string of the molecule is Fc1cnsc1. The summed E-state index contributed by atoms with van der Waals surface area (Å²) in [4.78, 5) is 0. The standard InChI is InChI=1S/C3H2FNS/c4-3-1-5-6-2-3/h1-2H. The predicted molar refractivity (Wildman–Crippen MR) is 22.1 cm³/mol. The molecule has 0 unspecified atom stereocenters. The molecule has 0 atom stereocenters. The van der Waals surface area contributed by atoms with E-state index in [4.69, 9.17) is 0 Å². The number of halogens is 1. The number of nitrogens with zero attached hydrogens (tertiary/aromatic N) is 1. The van der Waals surface area contributed by atoms with Crippen molar-refractivity contribution in [2.45, 2.75) is 0 Å². The van der Waals surface area contributed by atoms with Crippen LogP contribution in [0.4, 0.5) is 4.39 Å². The molecule has 0 aliphatic rings. The van der Waals surface area contributed by atoms with E-state index in [1.807, 2.05) is 0 Å². The van der Waals surface area contributed by atoms with Crippen LogP contribution < -0.4 is 0 Å². The highest BCUT2D eigenvalue weighted by Crippen LogP contribution is 1.95. The lowest BCUT2D eigenvalue weighted by Gasteiger charge is -1.57. The molecule has 1 aromatic heterocycles. The second-order valence-electron chi connectivity index (χ2n) is 0.843. The van der Waals surface area contributed by atoms with Crippen LogP contribution in [0.1, 0.15) is 0 Å². The molecule has 1 aromatic rings. The Hall–Kier alpha value is -0.440. The lowest BCUT2D eigenvalue weighted by atomic mass is 10.7. The van der Waals surface area contributed by atoms with Crippen LogP contribution in [0.3, 0.4) is 0 Å². The quantitative estimate of drug-likeness (QED) is 0.482. The van der Waals surface area contributed by atoms with E-state index in [1.54, 1.807) is 0 Å². The molecular formula is C3H2FNS. The fourth-order valence-corrected chi connectivity index (χ4v) is 0.576. The Kier molecular flexibility index (Phi) is 0.837. The predicted octanol–water partition coefficient (Wildman–Crippen LogP) is 1.28. The van der Waals surface area contributed by atoms with E-state index in [0.29, 0.717) is 0 Å². The van der Waals surface area contributed by atoms with E-state index < -0.39 is 0 Å². The maximum absolute atomic E-state index is 11.6. The first-order chi connectivity index (χ1) is 2.89. The van der Waals surface area contributed by atoms with Crippen LogP contribution in [0.15, 0.2) is 11.6 Å². The van der Waals surface area contributed by atoms with Gasteiger partial charge in [0.1, 0.15) is 0 Å². The summed E-state index contributed by atoms with van der Waals surface area (Å²) in [6.45, 7) is 0. The van der Waals surface area contributed by atoms with Crippen molar-refractivity contribution < 1.29 is 4.39 Å². The molecule has 0 spiro atoms. The van der Waals surface area contributed by atoms with Crippen LogP contribution in [0.5, 0.6) is 0 Å². The zero-order valence-corrected chi connectivity index (χ0v) is 3.70. The first-order valence-electron chi connectivity index (χ1n) is 1.44. The maximum atomic E-state index is 11.6. The molecule has 32 valence electrons. The Morgan fingerprint density at radius 2 is 2.67 bits per heavy atom. The van der Waals surface area contributed by atoms with Gasteiger partial charge in [-0.05, 0) is 11.5 Å². The van der Waals surface area contributed by atoms with Crippen molar-refractivity contribution in [2.75, 3.05) is 0 Å². The zero-order valence-electron chi connectivity index (χ0n) is 2.89. The van der Waals surface area contributed by atoms with Gasteiger partial charge in [-0.1, -0.05) is 0 Å². The van der Waals surface area contributed by atoms with Crippen LogP contribution in [0.25, 0.3) is 0 Å². The topological polar surface area (TPSA) is 12.9 Å². The highest BCUT2D eigenvalue weighted by atomic mass is 32.1. The van der Waals surface area contributed by atoms with E-state index in [1.165, 1.54) is 11.6 Å². The van der Waals surface area contributed by atoms with Crippen LogP contribution in [-0.4, -0.2) is 4.37 Å². The molecule has 1 nitrogen and oxygen atoms in total. The summed E-state index contributed by atoms with van der Waals surface area (Å²) in [5.41, 5.74) is 0. The molecule has 0 saturated heterocycles. The first kappa shape index (κ1) is 3.74. The molecule has 0 N–H and O–H groups in total. The van der Waals surface area contributed by atoms with Crippen molar-refractivity contribution in [1.82, 2.24) is 4.37 Å². The van der Waals surface area contributed by atoms with Crippen molar-refractivity contribution in [3.63, 3.8) is 0 Å². The number of rotatable bonds is 0. The molecule has 0 amide bonds. The monoisotopic (exact) mass is 103 g/mol. The Labute approximate surface area is 38.6 Å². The second-order valence-corrected chi connectivity index (χ2v) is 1.50. The van der Waals surface area contributed by atoms with Gasteiger partial charge in [-0.2, -0.15) is 4.37 Å². The number of aromatic nitrogens is 1. The average Bonchev–Trinajstić information content (AvgIpc) is 1.86. The van der Waals surface area contributed by atoms with Gasteiger partial charge in [0.2, 0.25) is 0 Å². The lowest BCUT2D eigenvalue weighted by Crippen LogP contribution is -1.51. The van der Waals surface area contributed by atoms with Gasteiger partial charge < -0.3 is 0 Å². The van der Waals surface area contributed by atoms with Gasteiger partial charge in [-0.15, -0.1) is 0 Å². The molecule has 0 bridgehead atoms.